The largest absolute Gasteiger partial charge is 0.395 e. The number of hydrogen-bond donors (Lipinski definition) is 2. The standard InChI is InChI=1S/C25H23BrClNO3/c26-19-5-7-21-18(12-19)14-22(17-10-15-4-6-20(27)13-16(15)11-17)25(21)23(30)2-1-3-24(31)28-8-9-29/h4-7,11-13,29H,1-3,8-10,14H2,(H,28,31). The number of benzene rings is 2. The number of ketones is 1. The van der Waals surface area contributed by atoms with Crippen molar-refractivity contribution in [1.29, 1.82) is 0 Å². The highest BCUT2D eigenvalue weighted by Crippen LogP contribution is 2.42. The zero-order valence-corrected chi connectivity index (χ0v) is 19.4. The summed E-state index contributed by atoms with van der Waals surface area (Å²) in [6.07, 6.45) is 4.72. The number of allylic oxidation sites excluding steroid dienone is 3. The molecule has 0 unspecified atom stereocenters. The highest BCUT2D eigenvalue weighted by Gasteiger charge is 2.30. The second kappa shape index (κ2) is 9.51. The highest BCUT2D eigenvalue weighted by molar-refractivity contribution is 9.10. The average Bonchev–Trinajstić information content (AvgIpc) is 3.32. The Balaban J connectivity index is 1.58. The van der Waals surface area contributed by atoms with E-state index >= 15 is 0 Å². The number of carbonyl (C=O) groups is 2. The van der Waals surface area contributed by atoms with Crippen LogP contribution >= 0.6 is 27.5 Å². The molecule has 0 atom stereocenters. The third kappa shape index (κ3) is 4.84. The van der Waals surface area contributed by atoms with Gasteiger partial charge in [0.05, 0.1) is 6.61 Å². The lowest BCUT2D eigenvalue weighted by Gasteiger charge is -2.10. The van der Waals surface area contributed by atoms with Crippen molar-refractivity contribution in [2.24, 2.45) is 0 Å². The van der Waals surface area contributed by atoms with Crippen LogP contribution in [0.1, 0.15) is 41.5 Å². The number of rotatable bonds is 8. The van der Waals surface area contributed by atoms with Crippen LogP contribution < -0.4 is 5.32 Å². The van der Waals surface area contributed by atoms with E-state index in [0.717, 1.165) is 50.7 Å². The molecule has 0 fully saturated rings. The molecule has 0 aliphatic heterocycles. The Labute approximate surface area is 195 Å². The van der Waals surface area contributed by atoms with E-state index in [1.165, 1.54) is 5.56 Å². The zero-order valence-electron chi connectivity index (χ0n) is 17.0. The lowest BCUT2D eigenvalue weighted by molar-refractivity contribution is -0.121. The number of fused-ring (bicyclic) bond motifs is 2. The molecule has 4 rings (SSSR count). The maximum absolute atomic E-state index is 13.3. The van der Waals surface area contributed by atoms with E-state index in [2.05, 4.69) is 33.4 Å². The fourth-order valence-corrected chi connectivity index (χ4v) is 4.89. The molecule has 4 nitrogen and oxygen atoms in total. The first kappa shape index (κ1) is 22.0. The van der Waals surface area contributed by atoms with Gasteiger partial charge in [0.2, 0.25) is 5.91 Å². The van der Waals surface area contributed by atoms with Gasteiger partial charge in [0.15, 0.2) is 5.78 Å². The molecule has 0 heterocycles. The van der Waals surface area contributed by atoms with Crippen LogP contribution in [0.4, 0.5) is 0 Å². The maximum atomic E-state index is 13.3. The molecule has 2 aliphatic rings. The minimum Gasteiger partial charge on any atom is -0.395 e. The first-order valence-electron chi connectivity index (χ1n) is 10.4. The molecular formula is C25H23BrClNO3. The van der Waals surface area contributed by atoms with Gasteiger partial charge in [-0.2, -0.15) is 0 Å². The fourth-order valence-electron chi connectivity index (χ4n) is 4.30. The number of halogens is 2. The predicted octanol–water partition coefficient (Wildman–Crippen LogP) is 4.90. The second-order valence-electron chi connectivity index (χ2n) is 7.87. The molecular weight excluding hydrogens is 478 g/mol. The first-order chi connectivity index (χ1) is 15.0. The molecule has 2 aromatic rings. The molecule has 2 N–H and O–H groups in total. The summed E-state index contributed by atoms with van der Waals surface area (Å²) in [5.74, 6) is -0.0708. The molecule has 0 saturated carbocycles. The van der Waals surface area contributed by atoms with Crippen molar-refractivity contribution in [3.05, 3.63) is 79.3 Å². The van der Waals surface area contributed by atoms with Crippen LogP contribution in [-0.2, 0) is 22.4 Å². The molecule has 2 aromatic carbocycles. The quantitative estimate of drug-likeness (QED) is 0.542. The molecule has 31 heavy (non-hydrogen) atoms. The molecule has 0 radical (unpaired) electrons. The summed E-state index contributed by atoms with van der Waals surface area (Å²) in [6, 6.07) is 12.0. The number of hydrogen-bond acceptors (Lipinski definition) is 3. The topological polar surface area (TPSA) is 66.4 Å². The van der Waals surface area contributed by atoms with E-state index in [1.54, 1.807) is 0 Å². The molecule has 1 amide bonds. The summed E-state index contributed by atoms with van der Waals surface area (Å²) < 4.78 is 0.996. The predicted molar refractivity (Wildman–Crippen MR) is 127 cm³/mol. The molecule has 160 valence electrons. The Kier molecular flexibility index (Phi) is 6.75. The van der Waals surface area contributed by atoms with Gasteiger partial charge in [-0.15, -0.1) is 0 Å². The second-order valence-corrected chi connectivity index (χ2v) is 9.22. The lowest BCUT2D eigenvalue weighted by Crippen LogP contribution is -2.26. The van der Waals surface area contributed by atoms with Crippen LogP contribution in [0.15, 0.2) is 52.0 Å². The minimum atomic E-state index is -0.141. The van der Waals surface area contributed by atoms with E-state index in [9.17, 15) is 9.59 Å². The Morgan fingerprint density at radius 1 is 1.06 bits per heavy atom. The van der Waals surface area contributed by atoms with Crippen molar-refractivity contribution in [2.45, 2.75) is 32.1 Å². The Bertz CT molecular complexity index is 1120. The van der Waals surface area contributed by atoms with Gasteiger partial charge < -0.3 is 10.4 Å². The third-order valence-electron chi connectivity index (χ3n) is 5.73. The highest BCUT2D eigenvalue weighted by atomic mass is 79.9. The van der Waals surface area contributed by atoms with Crippen molar-refractivity contribution in [3.8, 4) is 0 Å². The molecule has 0 spiro atoms. The van der Waals surface area contributed by atoms with Crippen LogP contribution in [0.2, 0.25) is 5.02 Å². The fraction of sp³-hybridized carbons (Fsp3) is 0.280. The summed E-state index contributed by atoms with van der Waals surface area (Å²) in [5.41, 5.74) is 7.48. The van der Waals surface area contributed by atoms with Gasteiger partial charge in [-0.25, -0.2) is 0 Å². The van der Waals surface area contributed by atoms with Crippen LogP contribution in [0.3, 0.4) is 0 Å². The Hall–Kier alpha value is -2.21. The van der Waals surface area contributed by atoms with Gasteiger partial charge in [-0.05, 0) is 76.9 Å². The van der Waals surface area contributed by atoms with E-state index in [1.807, 2.05) is 30.3 Å². The van der Waals surface area contributed by atoms with Crippen molar-refractivity contribution in [2.75, 3.05) is 13.2 Å². The summed E-state index contributed by atoms with van der Waals surface area (Å²) in [7, 11) is 0. The smallest absolute Gasteiger partial charge is 0.220 e. The monoisotopic (exact) mass is 499 g/mol. The average molecular weight is 501 g/mol. The van der Waals surface area contributed by atoms with Crippen molar-refractivity contribution in [1.82, 2.24) is 5.32 Å². The molecule has 6 heteroatoms. The van der Waals surface area contributed by atoms with Crippen molar-refractivity contribution >= 4 is 50.9 Å². The van der Waals surface area contributed by atoms with Crippen LogP contribution in [0, 0.1) is 0 Å². The summed E-state index contributed by atoms with van der Waals surface area (Å²) in [5, 5.41) is 12.1. The zero-order chi connectivity index (χ0) is 22.0. The van der Waals surface area contributed by atoms with E-state index < -0.39 is 0 Å². The van der Waals surface area contributed by atoms with Crippen molar-refractivity contribution < 1.29 is 14.7 Å². The number of Topliss-reactive ketones (excluding diaryl/α,β-unsaturated/α-hetero) is 1. The maximum Gasteiger partial charge on any atom is 0.220 e. The molecule has 0 saturated heterocycles. The van der Waals surface area contributed by atoms with Crippen LogP contribution in [0.5, 0.6) is 0 Å². The number of nitrogens with one attached hydrogen (secondary N) is 1. The summed E-state index contributed by atoms with van der Waals surface area (Å²) in [6.45, 7) is 0.152. The number of amides is 1. The number of carbonyl (C=O) groups excluding carboxylic acids is 2. The van der Waals surface area contributed by atoms with Gasteiger partial charge in [-0.1, -0.05) is 45.7 Å². The SMILES string of the molecule is O=C(CCCC(=O)C1=C(C2=Cc3cc(Cl)ccc3C2)Cc2cc(Br)ccc21)NCCO. The summed E-state index contributed by atoms with van der Waals surface area (Å²) in [4.78, 5) is 25.1. The van der Waals surface area contributed by atoms with Crippen LogP contribution in [-0.4, -0.2) is 29.9 Å². The Morgan fingerprint density at radius 2 is 1.90 bits per heavy atom. The minimum absolute atomic E-state index is 0.0703. The van der Waals surface area contributed by atoms with Gasteiger partial charge in [0.25, 0.3) is 0 Å². The Morgan fingerprint density at radius 3 is 2.71 bits per heavy atom. The van der Waals surface area contributed by atoms with E-state index in [-0.39, 0.29) is 31.3 Å². The molecule has 0 bridgehead atoms. The van der Waals surface area contributed by atoms with Gasteiger partial charge in [0, 0.05) is 34.5 Å². The first-order valence-corrected chi connectivity index (χ1v) is 11.6. The normalized spacial score (nSPS) is 14.4. The lowest BCUT2D eigenvalue weighted by atomic mass is 9.94. The van der Waals surface area contributed by atoms with Crippen LogP contribution in [0.25, 0.3) is 11.6 Å². The van der Waals surface area contributed by atoms with Crippen molar-refractivity contribution in [3.63, 3.8) is 0 Å². The van der Waals surface area contributed by atoms with E-state index in [4.69, 9.17) is 16.7 Å². The number of aliphatic hydroxyl groups is 1. The summed E-state index contributed by atoms with van der Waals surface area (Å²) >= 11 is 9.71. The molecule has 0 aromatic heterocycles. The van der Waals surface area contributed by atoms with Gasteiger partial charge in [0.1, 0.15) is 0 Å². The number of aliphatic hydroxyl groups excluding tert-OH is 1. The van der Waals surface area contributed by atoms with E-state index in [0.29, 0.717) is 17.9 Å². The third-order valence-corrected chi connectivity index (χ3v) is 6.46. The van der Waals surface area contributed by atoms with Gasteiger partial charge >= 0.3 is 0 Å². The molecule has 2 aliphatic carbocycles. The van der Waals surface area contributed by atoms with Gasteiger partial charge in [-0.3, -0.25) is 9.59 Å².